The Morgan fingerprint density at radius 3 is 2.60 bits per heavy atom. The summed E-state index contributed by atoms with van der Waals surface area (Å²) in [6.07, 6.45) is -3.51. The molecule has 0 unspecified atom stereocenters. The molecule has 0 amide bonds. The predicted molar refractivity (Wildman–Crippen MR) is 73.7 cm³/mol. The van der Waals surface area contributed by atoms with E-state index >= 15 is 0 Å². The summed E-state index contributed by atoms with van der Waals surface area (Å²) in [5.41, 5.74) is 0.942. The molecular weight excluding hydrogens is 289 g/mol. The number of rotatable bonds is 8. The third-order valence-electron chi connectivity index (χ3n) is 2.49. The van der Waals surface area contributed by atoms with Gasteiger partial charge >= 0.3 is 6.18 Å². The minimum Gasteiger partial charge on any atom is -0.365 e. The minimum atomic E-state index is -4.29. The Labute approximate surface area is 121 Å². The van der Waals surface area contributed by atoms with Crippen LogP contribution < -0.4 is 5.32 Å². The maximum Gasteiger partial charge on any atom is 0.411 e. The number of ether oxygens (including phenoxy) is 1. The van der Waals surface area contributed by atoms with E-state index < -0.39 is 12.8 Å². The number of alkyl halides is 3. The van der Waals surface area contributed by atoms with Crippen molar-refractivity contribution in [3.05, 3.63) is 15.6 Å². The van der Waals surface area contributed by atoms with E-state index in [2.05, 4.69) is 28.9 Å². The molecule has 0 radical (unpaired) electrons. The molecule has 0 atom stereocenters. The van der Waals surface area contributed by atoms with Crippen LogP contribution in [0.3, 0.4) is 0 Å². The largest absolute Gasteiger partial charge is 0.411 e. The molecule has 0 spiro atoms. The Morgan fingerprint density at radius 2 is 2.05 bits per heavy atom. The first-order valence-electron chi connectivity index (χ1n) is 6.64. The van der Waals surface area contributed by atoms with Crippen molar-refractivity contribution in [2.45, 2.75) is 46.5 Å². The predicted octanol–water partition coefficient (Wildman–Crippen LogP) is 3.53. The molecule has 1 aromatic rings. The number of hydrogen-bond donors (Lipinski definition) is 1. The van der Waals surface area contributed by atoms with Crippen molar-refractivity contribution >= 4 is 11.3 Å². The van der Waals surface area contributed by atoms with E-state index in [1.165, 1.54) is 11.3 Å². The molecule has 0 saturated carbocycles. The summed E-state index contributed by atoms with van der Waals surface area (Å²) in [6, 6.07) is 0. The van der Waals surface area contributed by atoms with Gasteiger partial charge in [0.25, 0.3) is 0 Å². The highest BCUT2D eigenvalue weighted by molar-refractivity contribution is 7.11. The van der Waals surface area contributed by atoms with E-state index in [-0.39, 0.29) is 6.61 Å². The van der Waals surface area contributed by atoms with Crippen molar-refractivity contribution in [1.29, 1.82) is 0 Å². The summed E-state index contributed by atoms with van der Waals surface area (Å²) in [7, 11) is 0. The van der Waals surface area contributed by atoms with Gasteiger partial charge in [0.15, 0.2) is 0 Å². The molecular formula is C13H21F3N2OS. The second-order valence-corrected chi connectivity index (χ2v) is 6.13. The fourth-order valence-corrected chi connectivity index (χ4v) is 2.71. The van der Waals surface area contributed by atoms with Gasteiger partial charge in [-0.25, -0.2) is 4.98 Å². The zero-order valence-corrected chi connectivity index (χ0v) is 12.8. The quantitative estimate of drug-likeness (QED) is 0.797. The first kappa shape index (κ1) is 17.4. The molecule has 1 aromatic heterocycles. The van der Waals surface area contributed by atoms with Crippen LogP contribution in [0.4, 0.5) is 13.2 Å². The lowest BCUT2D eigenvalue weighted by Gasteiger charge is -2.06. The van der Waals surface area contributed by atoms with Gasteiger partial charge in [-0.3, -0.25) is 0 Å². The van der Waals surface area contributed by atoms with Crippen LogP contribution in [0.25, 0.3) is 0 Å². The molecule has 7 heteroatoms. The summed E-state index contributed by atoms with van der Waals surface area (Å²) < 4.78 is 40.6. The topological polar surface area (TPSA) is 34.1 Å². The molecule has 1 rings (SSSR count). The first-order chi connectivity index (χ1) is 9.31. The first-order valence-corrected chi connectivity index (χ1v) is 7.46. The number of nitrogens with one attached hydrogen (secondary N) is 1. The van der Waals surface area contributed by atoms with Crippen molar-refractivity contribution in [1.82, 2.24) is 10.3 Å². The zero-order chi connectivity index (χ0) is 15.2. The molecule has 1 heterocycles. The molecule has 116 valence electrons. The highest BCUT2D eigenvalue weighted by atomic mass is 32.1. The van der Waals surface area contributed by atoms with Gasteiger partial charge < -0.3 is 10.1 Å². The summed E-state index contributed by atoms with van der Waals surface area (Å²) in [4.78, 5) is 5.41. The van der Waals surface area contributed by atoms with E-state index in [4.69, 9.17) is 0 Å². The Morgan fingerprint density at radius 1 is 1.35 bits per heavy atom. The molecule has 1 N–H and O–H groups in total. The summed E-state index contributed by atoms with van der Waals surface area (Å²) in [6.45, 7) is 6.53. The van der Waals surface area contributed by atoms with Gasteiger partial charge in [-0.2, -0.15) is 13.2 Å². The van der Waals surface area contributed by atoms with Crippen molar-refractivity contribution in [3.8, 4) is 0 Å². The zero-order valence-electron chi connectivity index (χ0n) is 12.0. The third kappa shape index (κ3) is 6.67. The summed E-state index contributed by atoms with van der Waals surface area (Å²) in [5.74, 6) is 0.558. The van der Waals surface area contributed by atoms with Crippen molar-refractivity contribution in [2.24, 2.45) is 5.92 Å². The van der Waals surface area contributed by atoms with Crippen LogP contribution >= 0.6 is 11.3 Å². The fourth-order valence-electron chi connectivity index (χ4n) is 1.64. The fraction of sp³-hybridized carbons (Fsp3) is 0.769. The Balaban J connectivity index is 2.50. The van der Waals surface area contributed by atoms with Crippen LogP contribution in [-0.2, 0) is 24.3 Å². The standard InChI is InChI=1S/C13H21F3N2OS/c1-4-10-11(6-17-5-9(2)3)20-12(18-10)7-19-8-13(14,15)16/h9,17H,4-8H2,1-3H3. The van der Waals surface area contributed by atoms with Crippen LogP contribution in [0.15, 0.2) is 0 Å². The monoisotopic (exact) mass is 310 g/mol. The Kier molecular flexibility index (Phi) is 6.91. The van der Waals surface area contributed by atoms with Crippen LogP contribution in [-0.4, -0.2) is 24.3 Å². The SMILES string of the molecule is CCc1nc(COCC(F)(F)F)sc1CNCC(C)C. The lowest BCUT2D eigenvalue weighted by molar-refractivity contribution is -0.176. The second-order valence-electron chi connectivity index (χ2n) is 4.96. The van der Waals surface area contributed by atoms with Gasteiger partial charge in [0.2, 0.25) is 0 Å². The molecule has 0 aliphatic carbocycles. The number of aromatic nitrogens is 1. The smallest absolute Gasteiger partial charge is 0.365 e. The molecule has 0 aliphatic rings. The number of thiazole rings is 1. The van der Waals surface area contributed by atoms with E-state index in [9.17, 15) is 13.2 Å². The molecule has 3 nitrogen and oxygen atoms in total. The van der Waals surface area contributed by atoms with Crippen LogP contribution in [0, 0.1) is 5.92 Å². The average molecular weight is 310 g/mol. The lowest BCUT2D eigenvalue weighted by atomic mass is 10.2. The maximum atomic E-state index is 12.0. The van der Waals surface area contributed by atoms with Gasteiger partial charge in [0.1, 0.15) is 11.6 Å². The van der Waals surface area contributed by atoms with Crippen molar-refractivity contribution in [2.75, 3.05) is 13.2 Å². The van der Waals surface area contributed by atoms with Gasteiger partial charge in [0.05, 0.1) is 12.3 Å². The molecule has 0 aromatic carbocycles. The van der Waals surface area contributed by atoms with Crippen LogP contribution in [0.5, 0.6) is 0 Å². The maximum absolute atomic E-state index is 12.0. The summed E-state index contributed by atoms with van der Waals surface area (Å²) in [5, 5.41) is 3.92. The molecule has 0 aliphatic heterocycles. The Hall–Kier alpha value is -0.660. The molecule has 20 heavy (non-hydrogen) atoms. The van der Waals surface area contributed by atoms with Crippen LogP contribution in [0.1, 0.15) is 36.3 Å². The van der Waals surface area contributed by atoms with Crippen molar-refractivity contribution < 1.29 is 17.9 Å². The number of hydrogen-bond acceptors (Lipinski definition) is 4. The summed E-state index contributed by atoms with van der Waals surface area (Å²) >= 11 is 1.42. The minimum absolute atomic E-state index is 0.0820. The van der Waals surface area contributed by atoms with Gasteiger partial charge in [0, 0.05) is 11.4 Å². The number of aryl methyl sites for hydroxylation is 1. The Bertz CT molecular complexity index is 405. The lowest BCUT2D eigenvalue weighted by Crippen LogP contribution is -2.18. The van der Waals surface area contributed by atoms with E-state index in [1.54, 1.807) is 0 Å². The van der Waals surface area contributed by atoms with Crippen molar-refractivity contribution in [3.63, 3.8) is 0 Å². The van der Waals surface area contributed by atoms with E-state index in [0.717, 1.165) is 23.5 Å². The highest BCUT2D eigenvalue weighted by Gasteiger charge is 2.27. The normalized spacial score (nSPS) is 12.3. The molecule has 0 bridgehead atoms. The highest BCUT2D eigenvalue weighted by Crippen LogP contribution is 2.21. The molecule has 0 fully saturated rings. The van der Waals surface area contributed by atoms with E-state index in [1.807, 2.05) is 6.92 Å². The van der Waals surface area contributed by atoms with Gasteiger partial charge in [-0.05, 0) is 18.9 Å². The number of halogens is 3. The van der Waals surface area contributed by atoms with Crippen LogP contribution in [0.2, 0.25) is 0 Å². The third-order valence-corrected chi connectivity index (χ3v) is 3.56. The van der Waals surface area contributed by atoms with E-state index in [0.29, 0.717) is 17.5 Å². The van der Waals surface area contributed by atoms with Gasteiger partial charge in [-0.1, -0.05) is 20.8 Å². The average Bonchev–Trinajstić information content (AvgIpc) is 2.69. The molecule has 0 saturated heterocycles. The van der Waals surface area contributed by atoms with Gasteiger partial charge in [-0.15, -0.1) is 11.3 Å². The number of nitrogens with zero attached hydrogens (tertiary/aromatic N) is 1. The second kappa shape index (κ2) is 7.95.